The number of rotatable bonds is 7. The molecule has 5 nitrogen and oxygen atoms in total. The van der Waals surface area contributed by atoms with Crippen molar-refractivity contribution in [2.24, 2.45) is 0 Å². The fraction of sp³-hybridized carbons (Fsp3) is 0.421. The van der Waals surface area contributed by atoms with E-state index in [4.69, 9.17) is 4.74 Å². The lowest BCUT2D eigenvalue weighted by Gasteiger charge is -2.09. The van der Waals surface area contributed by atoms with Gasteiger partial charge in [0, 0.05) is 16.8 Å². The van der Waals surface area contributed by atoms with E-state index in [1.165, 1.54) is 19.2 Å². The Morgan fingerprint density at radius 1 is 1.17 bits per heavy atom. The Morgan fingerprint density at radius 2 is 2.00 bits per heavy atom. The molecule has 1 heterocycles. The Bertz CT molecular complexity index is 698. The van der Waals surface area contributed by atoms with Gasteiger partial charge in [0.15, 0.2) is 0 Å². The highest BCUT2D eigenvalue weighted by atomic mass is 16.5. The summed E-state index contributed by atoms with van der Waals surface area (Å²) in [6.07, 6.45) is 7.88. The number of fused-ring (bicyclic) bond motifs is 1. The molecule has 0 aliphatic heterocycles. The lowest BCUT2D eigenvalue weighted by atomic mass is 10.2. The predicted molar refractivity (Wildman–Crippen MR) is 93.5 cm³/mol. The molecule has 0 saturated carbocycles. The summed E-state index contributed by atoms with van der Waals surface area (Å²) >= 11 is 0. The van der Waals surface area contributed by atoms with Crippen LogP contribution in [0, 0.1) is 0 Å². The molecule has 0 unspecified atom stereocenters. The largest absolute Gasteiger partial charge is 0.494 e. The quantitative estimate of drug-likeness (QED) is 0.787. The monoisotopic (exact) mass is 325 g/mol. The molecule has 0 bridgehead atoms. The van der Waals surface area contributed by atoms with Gasteiger partial charge in [0.2, 0.25) is 0 Å². The molecular formula is C19H23N3O2. The van der Waals surface area contributed by atoms with Crippen molar-refractivity contribution in [3.8, 4) is 5.75 Å². The van der Waals surface area contributed by atoms with Crippen LogP contribution in [0.4, 0.5) is 5.82 Å². The van der Waals surface area contributed by atoms with Crippen LogP contribution in [-0.4, -0.2) is 22.5 Å². The molecule has 1 N–H and O–H groups in total. The number of nitrogens with zero attached hydrogens (tertiary/aromatic N) is 2. The molecule has 0 saturated heterocycles. The van der Waals surface area contributed by atoms with Crippen molar-refractivity contribution < 1.29 is 9.53 Å². The van der Waals surface area contributed by atoms with Crippen molar-refractivity contribution >= 4 is 11.7 Å². The third-order valence-corrected chi connectivity index (χ3v) is 4.24. The van der Waals surface area contributed by atoms with E-state index >= 15 is 0 Å². The molecule has 3 rings (SSSR count). The van der Waals surface area contributed by atoms with Crippen LogP contribution >= 0.6 is 0 Å². The van der Waals surface area contributed by atoms with Crippen LogP contribution in [0.2, 0.25) is 0 Å². The van der Waals surface area contributed by atoms with E-state index in [2.05, 4.69) is 22.2 Å². The second-order valence-electron chi connectivity index (χ2n) is 6.04. The second kappa shape index (κ2) is 7.90. The van der Waals surface area contributed by atoms with Crippen LogP contribution in [0.15, 0.2) is 30.6 Å². The highest BCUT2D eigenvalue weighted by Gasteiger charge is 2.18. The van der Waals surface area contributed by atoms with Gasteiger partial charge in [-0.05, 0) is 49.9 Å². The van der Waals surface area contributed by atoms with Gasteiger partial charge in [-0.3, -0.25) is 4.79 Å². The molecule has 1 aliphatic carbocycles. The first-order valence-corrected chi connectivity index (χ1v) is 8.65. The zero-order valence-electron chi connectivity index (χ0n) is 14.0. The van der Waals surface area contributed by atoms with E-state index in [0.29, 0.717) is 18.0 Å². The Kier molecular flexibility index (Phi) is 5.41. The summed E-state index contributed by atoms with van der Waals surface area (Å²) in [6.45, 7) is 2.88. The Morgan fingerprint density at radius 3 is 2.79 bits per heavy atom. The van der Waals surface area contributed by atoms with Gasteiger partial charge >= 0.3 is 0 Å². The predicted octanol–water partition coefficient (Wildman–Crippen LogP) is 3.79. The maximum absolute atomic E-state index is 12.4. The van der Waals surface area contributed by atoms with E-state index in [1.54, 1.807) is 12.1 Å². The molecule has 0 radical (unpaired) electrons. The first-order chi connectivity index (χ1) is 11.8. The zero-order chi connectivity index (χ0) is 16.8. The fourth-order valence-corrected chi connectivity index (χ4v) is 2.89. The van der Waals surface area contributed by atoms with Crippen molar-refractivity contribution in [2.45, 2.75) is 45.4 Å². The maximum atomic E-state index is 12.4. The van der Waals surface area contributed by atoms with Gasteiger partial charge in [-0.15, -0.1) is 0 Å². The van der Waals surface area contributed by atoms with Gasteiger partial charge < -0.3 is 10.1 Å². The second-order valence-corrected chi connectivity index (χ2v) is 6.04. The number of nitrogens with one attached hydrogen (secondary N) is 1. The van der Waals surface area contributed by atoms with Crippen LogP contribution in [0.1, 0.15) is 54.2 Å². The van der Waals surface area contributed by atoms with Gasteiger partial charge in [-0.1, -0.05) is 19.8 Å². The number of hydrogen-bond donors (Lipinski definition) is 1. The molecule has 0 spiro atoms. The minimum absolute atomic E-state index is 0.152. The van der Waals surface area contributed by atoms with Crippen LogP contribution in [0.5, 0.6) is 5.75 Å². The first kappa shape index (κ1) is 16.4. The third-order valence-electron chi connectivity index (χ3n) is 4.24. The zero-order valence-corrected chi connectivity index (χ0v) is 14.0. The number of ether oxygens (including phenoxy) is 1. The molecule has 0 atom stereocenters. The highest BCUT2D eigenvalue weighted by Crippen LogP contribution is 2.25. The molecule has 24 heavy (non-hydrogen) atoms. The lowest BCUT2D eigenvalue weighted by molar-refractivity contribution is 0.102. The maximum Gasteiger partial charge on any atom is 0.256 e. The molecule has 5 heteroatoms. The molecule has 1 amide bonds. The normalized spacial score (nSPS) is 12.7. The Labute approximate surface area is 142 Å². The molecule has 1 aliphatic rings. The summed E-state index contributed by atoms with van der Waals surface area (Å²) < 4.78 is 5.67. The summed E-state index contributed by atoms with van der Waals surface area (Å²) in [4.78, 5) is 20.9. The summed E-state index contributed by atoms with van der Waals surface area (Å²) in [5.41, 5.74) is 2.72. The number of carbonyl (C=O) groups excluding carboxylic acids is 1. The summed E-state index contributed by atoms with van der Waals surface area (Å²) in [5, 5.41) is 2.91. The van der Waals surface area contributed by atoms with Crippen LogP contribution in [0.3, 0.4) is 0 Å². The van der Waals surface area contributed by atoms with Crippen LogP contribution < -0.4 is 10.1 Å². The number of anilines is 1. The summed E-state index contributed by atoms with van der Waals surface area (Å²) in [7, 11) is 0. The average Bonchev–Trinajstić information content (AvgIpc) is 3.09. The molecule has 2 aromatic rings. The fourth-order valence-electron chi connectivity index (χ4n) is 2.89. The molecule has 1 aromatic carbocycles. The smallest absolute Gasteiger partial charge is 0.256 e. The number of amides is 1. The van der Waals surface area contributed by atoms with Crippen molar-refractivity contribution in [2.75, 3.05) is 11.9 Å². The summed E-state index contributed by atoms with van der Waals surface area (Å²) in [5.74, 6) is 1.29. The summed E-state index contributed by atoms with van der Waals surface area (Å²) in [6, 6.07) is 7.24. The van der Waals surface area contributed by atoms with Crippen molar-refractivity contribution in [1.82, 2.24) is 9.97 Å². The van der Waals surface area contributed by atoms with E-state index in [9.17, 15) is 4.79 Å². The molecular weight excluding hydrogens is 302 g/mol. The van der Waals surface area contributed by atoms with E-state index in [0.717, 1.165) is 42.7 Å². The molecule has 126 valence electrons. The number of aryl methyl sites for hydroxylation is 1. The third kappa shape index (κ3) is 3.91. The standard InChI is InChI=1S/C19H23N3O2/c1-2-3-4-12-24-15-10-8-14(9-11-15)19(23)22-18-16-6-5-7-17(16)20-13-21-18/h8-11,13H,2-7,12H2,1H3,(H,20,21,22,23). The minimum Gasteiger partial charge on any atom is -0.494 e. The number of benzene rings is 1. The molecule has 1 aromatic heterocycles. The topological polar surface area (TPSA) is 64.1 Å². The van der Waals surface area contributed by atoms with Crippen molar-refractivity contribution in [1.29, 1.82) is 0 Å². The van der Waals surface area contributed by atoms with Crippen LogP contribution in [0.25, 0.3) is 0 Å². The van der Waals surface area contributed by atoms with E-state index < -0.39 is 0 Å². The number of hydrogen-bond acceptors (Lipinski definition) is 4. The SMILES string of the molecule is CCCCCOc1ccc(C(=O)Nc2ncnc3c2CCC3)cc1. The lowest BCUT2D eigenvalue weighted by Crippen LogP contribution is -2.15. The average molecular weight is 325 g/mol. The van der Waals surface area contributed by atoms with Gasteiger partial charge in [0.05, 0.1) is 6.61 Å². The molecule has 0 fully saturated rings. The van der Waals surface area contributed by atoms with Crippen molar-refractivity contribution in [3.63, 3.8) is 0 Å². The number of unbranched alkanes of at least 4 members (excludes halogenated alkanes) is 2. The highest BCUT2D eigenvalue weighted by molar-refractivity contribution is 6.04. The van der Waals surface area contributed by atoms with Gasteiger partial charge in [0.25, 0.3) is 5.91 Å². The Balaban J connectivity index is 1.60. The van der Waals surface area contributed by atoms with E-state index in [1.807, 2.05) is 12.1 Å². The van der Waals surface area contributed by atoms with Crippen LogP contribution in [-0.2, 0) is 12.8 Å². The Hall–Kier alpha value is -2.43. The minimum atomic E-state index is -0.152. The van der Waals surface area contributed by atoms with Gasteiger partial charge in [-0.2, -0.15) is 0 Å². The van der Waals surface area contributed by atoms with Gasteiger partial charge in [-0.25, -0.2) is 9.97 Å². The number of carbonyl (C=O) groups is 1. The van der Waals surface area contributed by atoms with E-state index in [-0.39, 0.29) is 5.91 Å². The first-order valence-electron chi connectivity index (χ1n) is 8.65. The van der Waals surface area contributed by atoms with Crippen molar-refractivity contribution in [3.05, 3.63) is 47.4 Å². The van der Waals surface area contributed by atoms with Gasteiger partial charge in [0.1, 0.15) is 17.9 Å². The number of aromatic nitrogens is 2.